The summed E-state index contributed by atoms with van der Waals surface area (Å²) in [7, 11) is 2.22. The van der Waals surface area contributed by atoms with Crippen LogP contribution in [0.15, 0.2) is 37.2 Å². The maximum Gasteiger partial charge on any atom is 0.256 e. The van der Waals surface area contributed by atoms with Gasteiger partial charge in [-0.25, -0.2) is 15.0 Å². The number of H-pyrrole nitrogens is 1. The van der Waals surface area contributed by atoms with Gasteiger partial charge in [-0.05, 0) is 69.5 Å². The minimum atomic E-state index is -0.288. The predicted molar refractivity (Wildman–Crippen MR) is 174 cm³/mol. The van der Waals surface area contributed by atoms with Crippen molar-refractivity contribution in [1.82, 2.24) is 39.9 Å². The molecule has 6 rings (SSSR count). The first-order valence-corrected chi connectivity index (χ1v) is 15.1. The summed E-state index contributed by atoms with van der Waals surface area (Å²) in [4.78, 5) is 38.6. The van der Waals surface area contributed by atoms with Crippen LogP contribution in [0.1, 0.15) is 41.4 Å². The van der Waals surface area contributed by atoms with Gasteiger partial charge in [0.15, 0.2) is 17.5 Å². The van der Waals surface area contributed by atoms with Crippen LogP contribution >= 0.6 is 0 Å². The summed E-state index contributed by atoms with van der Waals surface area (Å²) in [6.45, 7) is 14.8. The summed E-state index contributed by atoms with van der Waals surface area (Å²) < 4.78 is 0. The molecule has 2 aliphatic heterocycles. The Morgan fingerprint density at radius 1 is 1.11 bits per heavy atom. The Hall–Kier alpha value is -4.62. The molecule has 0 saturated carbocycles. The average molecular weight is 597 g/mol. The lowest BCUT2D eigenvalue weighted by Crippen LogP contribution is -2.49. The number of benzene rings is 1. The van der Waals surface area contributed by atoms with Crippen LogP contribution in [0, 0.1) is 12.8 Å². The standard InChI is InChI=1S/C31H40N12O/c1-19(2)23-15-25(40-39-23)36-30(44)22-8-7-20(3)24(14-22)35-29-27-26(33-18-34-29)28(32)38-31(37-27)43-12-10-42(11-13-43)17-21-6-5-9-41(4)16-21/h7-8,14-15,18,21H,1,5-6,9-13,16-17H2,2-4H3,(H2,32,37,38)(H,33,34,35)(H2,36,39,40,44). The number of nitrogens with two attached hydrogens (primary N) is 1. The number of piperazine rings is 1. The fourth-order valence-corrected chi connectivity index (χ4v) is 5.93. The number of allylic oxidation sites excluding steroid dienone is 1. The summed E-state index contributed by atoms with van der Waals surface area (Å²) in [5, 5.41) is 13.2. The zero-order chi connectivity index (χ0) is 30.8. The minimum absolute atomic E-state index is 0.288. The molecule has 4 aromatic rings. The molecule has 230 valence electrons. The topological polar surface area (TPSA) is 157 Å². The molecule has 2 fully saturated rings. The number of fused-ring (bicyclic) bond motifs is 1. The Morgan fingerprint density at radius 3 is 2.68 bits per heavy atom. The fraction of sp³-hybridized carbons (Fsp3) is 0.419. The molecule has 44 heavy (non-hydrogen) atoms. The Balaban J connectivity index is 1.18. The SMILES string of the molecule is C=C(C)c1cc(NC(=O)c2ccc(C)c(Nc3ncnc4c(N)nc(N5CCN(CC6CCCN(C)C6)CC5)nc34)c2)n[nH]1. The summed E-state index contributed by atoms with van der Waals surface area (Å²) in [5.74, 6) is 2.23. The first-order chi connectivity index (χ1) is 21.2. The molecule has 0 spiro atoms. The van der Waals surface area contributed by atoms with E-state index in [9.17, 15) is 4.79 Å². The highest BCUT2D eigenvalue weighted by molar-refractivity contribution is 6.05. The van der Waals surface area contributed by atoms with Crippen molar-refractivity contribution in [2.45, 2.75) is 26.7 Å². The molecule has 5 N–H and O–H groups in total. The lowest BCUT2D eigenvalue weighted by atomic mass is 9.97. The van der Waals surface area contributed by atoms with Gasteiger partial charge in [0.2, 0.25) is 5.95 Å². The molecular weight excluding hydrogens is 556 g/mol. The number of aromatic nitrogens is 6. The molecule has 0 bridgehead atoms. The van der Waals surface area contributed by atoms with Gasteiger partial charge in [0, 0.05) is 56.6 Å². The second kappa shape index (κ2) is 12.5. The highest BCUT2D eigenvalue weighted by Crippen LogP contribution is 2.29. The molecule has 1 unspecified atom stereocenters. The number of piperidine rings is 1. The van der Waals surface area contributed by atoms with E-state index in [1.807, 2.05) is 19.9 Å². The number of anilines is 5. The van der Waals surface area contributed by atoms with E-state index in [4.69, 9.17) is 10.7 Å². The summed E-state index contributed by atoms with van der Waals surface area (Å²) in [6.07, 6.45) is 4.02. The molecule has 0 radical (unpaired) electrons. The number of aromatic amines is 1. The Bertz CT molecular complexity index is 1680. The highest BCUT2D eigenvalue weighted by Gasteiger charge is 2.25. The molecular formula is C31H40N12O. The third kappa shape index (κ3) is 6.48. The summed E-state index contributed by atoms with van der Waals surface area (Å²) in [6, 6.07) is 7.17. The number of rotatable bonds is 8. The van der Waals surface area contributed by atoms with E-state index in [0.717, 1.165) is 55.5 Å². The number of amides is 1. The van der Waals surface area contributed by atoms with Crippen molar-refractivity contribution < 1.29 is 4.79 Å². The van der Waals surface area contributed by atoms with Crippen LogP contribution in [0.3, 0.4) is 0 Å². The van der Waals surface area contributed by atoms with Gasteiger partial charge in [-0.15, -0.1) is 0 Å². The van der Waals surface area contributed by atoms with Gasteiger partial charge in [-0.2, -0.15) is 10.1 Å². The van der Waals surface area contributed by atoms with E-state index in [1.54, 1.807) is 18.2 Å². The summed E-state index contributed by atoms with van der Waals surface area (Å²) in [5.41, 5.74) is 11.1. The minimum Gasteiger partial charge on any atom is -0.382 e. The number of carbonyl (C=O) groups excluding carboxylic acids is 1. The molecule has 3 aromatic heterocycles. The molecule has 13 heteroatoms. The smallest absolute Gasteiger partial charge is 0.256 e. The van der Waals surface area contributed by atoms with Crippen LogP contribution in [0.5, 0.6) is 0 Å². The van der Waals surface area contributed by atoms with Gasteiger partial charge >= 0.3 is 0 Å². The van der Waals surface area contributed by atoms with Crippen LogP contribution in [0.2, 0.25) is 0 Å². The van der Waals surface area contributed by atoms with Crippen LogP contribution in [-0.2, 0) is 0 Å². The lowest BCUT2D eigenvalue weighted by molar-refractivity contribution is 0.102. The van der Waals surface area contributed by atoms with Gasteiger partial charge in [0.05, 0.1) is 5.69 Å². The monoisotopic (exact) mass is 596 g/mol. The first kappa shape index (κ1) is 29.5. The van der Waals surface area contributed by atoms with Crippen LogP contribution in [-0.4, -0.2) is 98.7 Å². The Labute approximate surface area is 257 Å². The molecule has 1 amide bonds. The largest absolute Gasteiger partial charge is 0.382 e. The molecule has 13 nitrogen and oxygen atoms in total. The third-order valence-electron chi connectivity index (χ3n) is 8.42. The highest BCUT2D eigenvalue weighted by atomic mass is 16.1. The number of hydrogen-bond donors (Lipinski definition) is 4. The Kier molecular flexibility index (Phi) is 8.40. The maximum atomic E-state index is 13.0. The van der Waals surface area contributed by atoms with Crippen LogP contribution in [0.25, 0.3) is 16.6 Å². The molecule has 2 saturated heterocycles. The van der Waals surface area contributed by atoms with Crippen LogP contribution < -0.4 is 21.3 Å². The fourth-order valence-electron chi connectivity index (χ4n) is 5.93. The number of nitrogen functional groups attached to an aromatic ring is 1. The van der Waals surface area contributed by atoms with Crippen LogP contribution in [0.4, 0.5) is 29.1 Å². The molecule has 5 heterocycles. The van der Waals surface area contributed by atoms with Gasteiger partial charge in [0.25, 0.3) is 5.91 Å². The normalized spacial score (nSPS) is 18.0. The van der Waals surface area contributed by atoms with Gasteiger partial charge < -0.3 is 26.2 Å². The van der Waals surface area contributed by atoms with Crippen molar-refractivity contribution in [3.63, 3.8) is 0 Å². The molecule has 1 atom stereocenters. The number of likely N-dealkylation sites (tertiary alicyclic amines) is 1. The second-order valence-electron chi connectivity index (χ2n) is 11.9. The number of nitrogens with zero attached hydrogens (tertiary/aromatic N) is 8. The van der Waals surface area contributed by atoms with Gasteiger partial charge in [-0.1, -0.05) is 12.6 Å². The lowest BCUT2D eigenvalue weighted by Gasteiger charge is -2.38. The van der Waals surface area contributed by atoms with Crippen molar-refractivity contribution in [3.05, 3.63) is 54.0 Å². The van der Waals surface area contributed by atoms with Gasteiger partial charge in [-0.3, -0.25) is 14.8 Å². The van der Waals surface area contributed by atoms with Crippen molar-refractivity contribution in [2.75, 3.05) is 74.1 Å². The van der Waals surface area contributed by atoms with E-state index in [0.29, 0.717) is 45.7 Å². The zero-order valence-corrected chi connectivity index (χ0v) is 25.6. The van der Waals surface area contributed by atoms with E-state index < -0.39 is 0 Å². The number of hydrogen-bond acceptors (Lipinski definition) is 11. The first-order valence-electron chi connectivity index (χ1n) is 15.1. The maximum absolute atomic E-state index is 13.0. The third-order valence-corrected chi connectivity index (χ3v) is 8.42. The van der Waals surface area contributed by atoms with E-state index in [2.05, 4.69) is 64.1 Å². The van der Waals surface area contributed by atoms with E-state index in [1.165, 1.54) is 32.3 Å². The number of nitrogens with one attached hydrogen (secondary N) is 3. The number of carbonyl (C=O) groups is 1. The Morgan fingerprint density at radius 2 is 1.93 bits per heavy atom. The molecule has 0 aliphatic carbocycles. The van der Waals surface area contributed by atoms with Crippen molar-refractivity contribution in [3.8, 4) is 0 Å². The van der Waals surface area contributed by atoms with E-state index in [-0.39, 0.29) is 5.91 Å². The van der Waals surface area contributed by atoms with Crippen molar-refractivity contribution in [2.24, 2.45) is 5.92 Å². The summed E-state index contributed by atoms with van der Waals surface area (Å²) >= 11 is 0. The van der Waals surface area contributed by atoms with E-state index >= 15 is 0 Å². The molecule has 2 aliphatic rings. The number of aryl methyl sites for hydroxylation is 1. The predicted octanol–water partition coefficient (Wildman–Crippen LogP) is 3.53. The molecule has 1 aromatic carbocycles. The van der Waals surface area contributed by atoms with Gasteiger partial charge in [0.1, 0.15) is 17.4 Å². The second-order valence-corrected chi connectivity index (χ2v) is 11.9. The average Bonchev–Trinajstić information content (AvgIpc) is 3.48. The van der Waals surface area contributed by atoms with Crippen molar-refractivity contribution in [1.29, 1.82) is 0 Å². The quantitative estimate of drug-likeness (QED) is 0.236. The zero-order valence-electron chi connectivity index (χ0n) is 25.6. The van der Waals surface area contributed by atoms with Crippen molar-refractivity contribution >= 4 is 51.6 Å².